The fourth-order valence-electron chi connectivity index (χ4n) is 3.28. The summed E-state index contributed by atoms with van der Waals surface area (Å²) in [5.74, 6) is 1.40. The molecular formula is C25H29N3O5. The molecule has 1 N–H and O–H groups in total. The van der Waals surface area contributed by atoms with E-state index >= 15 is 0 Å². The Morgan fingerprint density at radius 3 is 2.33 bits per heavy atom. The highest BCUT2D eigenvalue weighted by atomic mass is 16.6. The number of benzene rings is 2. The molecule has 0 fully saturated rings. The van der Waals surface area contributed by atoms with Gasteiger partial charge in [0, 0.05) is 42.7 Å². The number of imidazole rings is 1. The summed E-state index contributed by atoms with van der Waals surface area (Å²) < 4.78 is 17.7. The zero-order chi connectivity index (χ0) is 24.0. The van der Waals surface area contributed by atoms with Gasteiger partial charge in [-0.15, -0.1) is 0 Å². The molecule has 174 valence electrons. The summed E-state index contributed by atoms with van der Waals surface area (Å²) in [5, 5.41) is 2.77. The van der Waals surface area contributed by atoms with Crippen LogP contribution in [0.2, 0.25) is 0 Å². The van der Waals surface area contributed by atoms with Gasteiger partial charge in [-0.25, -0.2) is 9.78 Å². The number of aromatic nitrogens is 2. The Kier molecular flexibility index (Phi) is 7.37. The maximum Gasteiger partial charge on any atom is 0.412 e. The number of anilines is 1. The van der Waals surface area contributed by atoms with Gasteiger partial charge in [-0.1, -0.05) is 18.2 Å². The predicted molar refractivity (Wildman–Crippen MR) is 126 cm³/mol. The van der Waals surface area contributed by atoms with E-state index in [0.29, 0.717) is 35.1 Å². The number of hydrogen-bond acceptors (Lipinski definition) is 6. The van der Waals surface area contributed by atoms with E-state index in [1.54, 1.807) is 76.2 Å². The number of ether oxygens (including phenoxy) is 3. The number of amides is 1. The van der Waals surface area contributed by atoms with Crippen LogP contribution in [0.4, 0.5) is 10.5 Å². The summed E-state index contributed by atoms with van der Waals surface area (Å²) in [7, 11) is 3.14. The van der Waals surface area contributed by atoms with Crippen LogP contribution in [0, 0.1) is 0 Å². The van der Waals surface area contributed by atoms with Gasteiger partial charge in [0.25, 0.3) is 0 Å². The molecule has 8 heteroatoms. The topological polar surface area (TPSA) is 91.7 Å². The van der Waals surface area contributed by atoms with Crippen LogP contribution in [-0.4, -0.2) is 41.2 Å². The van der Waals surface area contributed by atoms with Crippen molar-refractivity contribution in [2.75, 3.05) is 19.5 Å². The van der Waals surface area contributed by atoms with E-state index in [9.17, 15) is 9.59 Å². The number of methoxy groups -OCH3 is 2. The van der Waals surface area contributed by atoms with Crippen LogP contribution in [0.3, 0.4) is 0 Å². The van der Waals surface area contributed by atoms with Crippen molar-refractivity contribution in [2.45, 2.75) is 39.2 Å². The highest BCUT2D eigenvalue weighted by molar-refractivity contribution is 5.94. The smallest absolute Gasteiger partial charge is 0.412 e. The minimum absolute atomic E-state index is 0.131. The Hall–Kier alpha value is -3.81. The predicted octanol–water partition coefficient (Wildman–Crippen LogP) is 5.05. The van der Waals surface area contributed by atoms with Crippen LogP contribution in [-0.2, 0) is 11.2 Å². The molecule has 2 aromatic carbocycles. The molecule has 0 atom stereocenters. The van der Waals surface area contributed by atoms with Crippen molar-refractivity contribution in [1.29, 1.82) is 0 Å². The van der Waals surface area contributed by atoms with Crippen molar-refractivity contribution in [3.05, 3.63) is 66.2 Å². The Morgan fingerprint density at radius 1 is 1.03 bits per heavy atom. The molecule has 0 aliphatic carbocycles. The number of hydrogen-bond donors (Lipinski definition) is 1. The van der Waals surface area contributed by atoms with Gasteiger partial charge in [0.05, 0.1) is 19.9 Å². The number of carbonyl (C=O) groups excluding carboxylic acids is 2. The fraction of sp³-hybridized carbons (Fsp3) is 0.320. The quantitative estimate of drug-likeness (QED) is 0.482. The first kappa shape index (κ1) is 23.8. The van der Waals surface area contributed by atoms with Gasteiger partial charge in [0.15, 0.2) is 11.6 Å². The number of aryl methyl sites for hydroxylation is 1. The molecule has 0 aliphatic rings. The summed E-state index contributed by atoms with van der Waals surface area (Å²) >= 11 is 0. The number of para-hydroxylation sites is 1. The van der Waals surface area contributed by atoms with Gasteiger partial charge < -0.3 is 14.2 Å². The highest BCUT2D eigenvalue weighted by Crippen LogP contribution is 2.26. The Bertz CT molecular complexity index is 1110. The summed E-state index contributed by atoms with van der Waals surface area (Å²) in [6, 6.07) is 12.7. The monoisotopic (exact) mass is 451 g/mol. The second-order valence-corrected chi connectivity index (χ2v) is 8.40. The zero-order valence-corrected chi connectivity index (χ0v) is 19.5. The molecule has 8 nitrogen and oxygen atoms in total. The van der Waals surface area contributed by atoms with Crippen LogP contribution in [0.5, 0.6) is 11.5 Å². The molecule has 0 unspecified atom stereocenters. The van der Waals surface area contributed by atoms with E-state index in [4.69, 9.17) is 14.2 Å². The minimum Gasteiger partial charge on any atom is -0.497 e. The lowest BCUT2D eigenvalue weighted by atomic mass is 10.1. The van der Waals surface area contributed by atoms with Gasteiger partial charge >= 0.3 is 6.09 Å². The Labute approximate surface area is 193 Å². The van der Waals surface area contributed by atoms with E-state index in [1.165, 1.54) is 0 Å². The van der Waals surface area contributed by atoms with Gasteiger partial charge in [0.2, 0.25) is 0 Å². The van der Waals surface area contributed by atoms with Gasteiger partial charge in [-0.2, -0.15) is 0 Å². The van der Waals surface area contributed by atoms with Crippen LogP contribution >= 0.6 is 0 Å². The van der Waals surface area contributed by atoms with E-state index < -0.39 is 11.7 Å². The highest BCUT2D eigenvalue weighted by Gasteiger charge is 2.19. The maximum atomic E-state index is 13.0. The van der Waals surface area contributed by atoms with Crippen molar-refractivity contribution in [2.24, 2.45) is 0 Å². The van der Waals surface area contributed by atoms with Crippen LogP contribution in [0.1, 0.15) is 43.4 Å². The molecule has 0 bridgehead atoms. The molecule has 3 rings (SSSR count). The van der Waals surface area contributed by atoms with E-state index in [0.717, 1.165) is 5.56 Å². The number of rotatable bonds is 8. The van der Waals surface area contributed by atoms with Crippen molar-refractivity contribution < 1.29 is 23.8 Å². The molecule has 0 radical (unpaired) electrons. The number of carbonyl (C=O) groups is 2. The number of ketones is 1. The molecule has 33 heavy (non-hydrogen) atoms. The number of Topliss-reactive ketones (excluding diaryl/α,β-unsaturated/α-hetero) is 1. The lowest BCUT2D eigenvalue weighted by molar-refractivity contribution is 0.0635. The SMILES string of the molecule is COc1cc(OC)cc(-n2ccnc2C(=O)CCc2ccccc2NC(=O)OC(C)(C)C)c1. The van der Waals surface area contributed by atoms with Crippen LogP contribution in [0.25, 0.3) is 5.69 Å². The summed E-state index contributed by atoms with van der Waals surface area (Å²) in [4.78, 5) is 29.5. The zero-order valence-electron chi connectivity index (χ0n) is 19.5. The van der Waals surface area contributed by atoms with Gasteiger partial charge in [-0.05, 0) is 38.8 Å². The van der Waals surface area contributed by atoms with E-state index in [1.807, 2.05) is 18.2 Å². The average Bonchev–Trinajstić information content (AvgIpc) is 3.26. The molecule has 0 aliphatic heterocycles. The third kappa shape index (κ3) is 6.35. The molecule has 0 saturated carbocycles. The largest absolute Gasteiger partial charge is 0.497 e. The summed E-state index contributed by atoms with van der Waals surface area (Å²) in [6.07, 6.45) is 3.41. The normalized spacial score (nSPS) is 11.1. The second kappa shape index (κ2) is 10.2. The molecule has 3 aromatic rings. The van der Waals surface area contributed by atoms with Crippen molar-refractivity contribution in [3.8, 4) is 17.2 Å². The first-order valence-corrected chi connectivity index (χ1v) is 10.6. The standard InChI is InChI=1S/C25H29N3O5/c1-25(2,3)33-24(30)27-21-9-7-6-8-17(21)10-11-22(29)23-26-12-13-28(23)18-14-19(31-4)16-20(15-18)32-5/h6-9,12-16H,10-11H2,1-5H3,(H,27,30). The molecule has 1 amide bonds. The summed E-state index contributed by atoms with van der Waals surface area (Å²) in [5.41, 5.74) is 1.55. The van der Waals surface area contributed by atoms with E-state index in [2.05, 4.69) is 10.3 Å². The lowest BCUT2D eigenvalue weighted by Crippen LogP contribution is -2.27. The molecule has 0 saturated heterocycles. The molecular weight excluding hydrogens is 422 g/mol. The fourth-order valence-corrected chi connectivity index (χ4v) is 3.28. The minimum atomic E-state index is -0.602. The first-order valence-electron chi connectivity index (χ1n) is 10.6. The molecule has 0 spiro atoms. The number of nitrogens with one attached hydrogen (secondary N) is 1. The maximum absolute atomic E-state index is 13.0. The third-order valence-electron chi connectivity index (χ3n) is 4.78. The first-order chi connectivity index (χ1) is 15.7. The molecule has 1 aromatic heterocycles. The summed E-state index contributed by atoms with van der Waals surface area (Å²) in [6.45, 7) is 5.41. The van der Waals surface area contributed by atoms with Gasteiger partial charge in [-0.3, -0.25) is 14.7 Å². The van der Waals surface area contributed by atoms with Crippen LogP contribution < -0.4 is 14.8 Å². The average molecular weight is 452 g/mol. The van der Waals surface area contributed by atoms with E-state index in [-0.39, 0.29) is 12.2 Å². The Morgan fingerprint density at radius 2 is 1.70 bits per heavy atom. The van der Waals surface area contributed by atoms with Crippen LogP contribution in [0.15, 0.2) is 54.9 Å². The second-order valence-electron chi connectivity index (χ2n) is 8.40. The Balaban J connectivity index is 1.75. The lowest BCUT2D eigenvalue weighted by Gasteiger charge is -2.20. The van der Waals surface area contributed by atoms with Crippen molar-refractivity contribution in [3.63, 3.8) is 0 Å². The van der Waals surface area contributed by atoms with Crippen molar-refractivity contribution >= 4 is 17.6 Å². The van der Waals surface area contributed by atoms with Crippen molar-refractivity contribution in [1.82, 2.24) is 9.55 Å². The molecule has 1 heterocycles. The van der Waals surface area contributed by atoms with Gasteiger partial charge in [0.1, 0.15) is 17.1 Å². The third-order valence-corrected chi connectivity index (χ3v) is 4.78. The number of nitrogens with zero attached hydrogens (tertiary/aromatic N) is 2.